The van der Waals surface area contributed by atoms with Crippen molar-refractivity contribution in [2.45, 2.75) is 11.8 Å². The molecule has 0 bridgehead atoms. The first kappa shape index (κ1) is 15.1. The van der Waals surface area contributed by atoms with Crippen LogP contribution in [-0.2, 0) is 0 Å². The van der Waals surface area contributed by atoms with E-state index in [0.29, 0.717) is 0 Å². The van der Waals surface area contributed by atoms with Crippen LogP contribution in [0.5, 0.6) is 5.75 Å². The van der Waals surface area contributed by atoms with Gasteiger partial charge in [0.15, 0.2) is 5.78 Å². The Morgan fingerprint density at radius 1 is 1.29 bits per heavy atom. The molecule has 0 atom stereocenters. The summed E-state index contributed by atoms with van der Waals surface area (Å²) in [4.78, 5) is 24.7. The molecule has 5 heteroatoms. The van der Waals surface area contributed by atoms with Crippen LogP contribution in [0.4, 0.5) is 0 Å². The van der Waals surface area contributed by atoms with Crippen molar-refractivity contribution < 1.29 is 14.3 Å². The molecule has 0 aliphatic rings. The SMILES string of the molecule is CSc1ccc(/C=C/C(=O)c2c(O)cc(C)oc2=O)cc1. The molecule has 0 fully saturated rings. The number of aryl methyl sites for hydroxylation is 1. The Morgan fingerprint density at radius 2 is 1.95 bits per heavy atom. The monoisotopic (exact) mass is 302 g/mol. The van der Waals surface area contributed by atoms with Crippen molar-refractivity contribution >= 4 is 23.6 Å². The lowest BCUT2D eigenvalue weighted by molar-refractivity contribution is 0.104. The van der Waals surface area contributed by atoms with E-state index >= 15 is 0 Å². The summed E-state index contributed by atoms with van der Waals surface area (Å²) < 4.78 is 4.82. The van der Waals surface area contributed by atoms with Gasteiger partial charge >= 0.3 is 5.63 Å². The van der Waals surface area contributed by atoms with Gasteiger partial charge in [0.2, 0.25) is 0 Å². The first-order chi connectivity index (χ1) is 10.0. The molecule has 21 heavy (non-hydrogen) atoms. The number of benzene rings is 1. The average Bonchev–Trinajstić information content (AvgIpc) is 2.44. The van der Waals surface area contributed by atoms with Crippen LogP contribution in [0.2, 0.25) is 0 Å². The Balaban J connectivity index is 2.25. The molecule has 0 unspecified atom stereocenters. The lowest BCUT2D eigenvalue weighted by Gasteiger charge is -2.00. The van der Waals surface area contributed by atoms with Gasteiger partial charge in [0.25, 0.3) is 0 Å². The fourth-order valence-electron chi connectivity index (χ4n) is 1.79. The summed E-state index contributed by atoms with van der Waals surface area (Å²) in [6.07, 6.45) is 4.81. The Morgan fingerprint density at radius 3 is 2.52 bits per heavy atom. The maximum absolute atomic E-state index is 12.0. The lowest BCUT2D eigenvalue weighted by atomic mass is 10.1. The molecule has 1 aromatic heterocycles. The van der Waals surface area contributed by atoms with Crippen LogP contribution < -0.4 is 5.63 Å². The van der Waals surface area contributed by atoms with Gasteiger partial charge in [0.1, 0.15) is 17.1 Å². The Bertz CT molecular complexity index is 742. The van der Waals surface area contributed by atoms with Gasteiger partial charge in [-0.2, -0.15) is 0 Å². The quantitative estimate of drug-likeness (QED) is 0.533. The number of hydrogen-bond donors (Lipinski definition) is 1. The molecule has 108 valence electrons. The molecular formula is C16H14O4S. The van der Waals surface area contributed by atoms with Gasteiger partial charge in [-0.1, -0.05) is 18.2 Å². The van der Waals surface area contributed by atoms with Crippen LogP contribution in [0, 0.1) is 6.92 Å². The molecule has 0 aliphatic carbocycles. The van der Waals surface area contributed by atoms with Gasteiger partial charge in [-0.3, -0.25) is 4.79 Å². The number of rotatable bonds is 4. The number of allylic oxidation sites excluding steroid dienone is 1. The molecule has 0 aliphatic heterocycles. The van der Waals surface area contributed by atoms with Crippen molar-refractivity contribution in [1.82, 2.24) is 0 Å². The zero-order valence-electron chi connectivity index (χ0n) is 11.6. The average molecular weight is 302 g/mol. The molecule has 1 heterocycles. The van der Waals surface area contributed by atoms with Crippen LogP contribution >= 0.6 is 11.8 Å². The zero-order chi connectivity index (χ0) is 15.4. The minimum Gasteiger partial charge on any atom is -0.507 e. The smallest absolute Gasteiger partial charge is 0.351 e. The van der Waals surface area contributed by atoms with Crippen LogP contribution in [0.25, 0.3) is 6.08 Å². The van der Waals surface area contributed by atoms with Crippen LogP contribution in [0.15, 0.2) is 50.5 Å². The fraction of sp³-hybridized carbons (Fsp3) is 0.125. The molecule has 0 radical (unpaired) electrons. The van der Waals surface area contributed by atoms with Gasteiger partial charge < -0.3 is 9.52 Å². The van der Waals surface area contributed by atoms with E-state index in [1.54, 1.807) is 17.8 Å². The number of hydrogen-bond acceptors (Lipinski definition) is 5. The Kier molecular flexibility index (Phi) is 4.65. The second kappa shape index (κ2) is 6.45. The fourth-order valence-corrected chi connectivity index (χ4v) is 2.20. The van der Waals surface area contributed by atoms with Crippen molar-refractivity contribution in [2.24, 2.45) is 0 Å². The van der Waals surface area contributed by atoms with E-state index in [0.717, 1.165) is 10.5 Å². The normalized spacial score (nSPS) is 11.0. The number of aromatic hydroxyl groups is 1. The predicted octanol–water partition coefficient (Wildman–Crippen LogP) is 3.27. The summed E-state index contributed by atoms with van der Waals surface area (Å²) in [5.41, 5.74) is -0.352. The summed E-state index contributed by atoms with van der Waals surface area (Å²) in [5, 5.41) is 9.69. The summed E-state index contributed by atoms with van der Waals surface area (Å²) >= 11 is 1.63. The Hall–Kier alpha value is -2.27. The van der Waals surface area contributed by atoms with Gasteiger partial charge in [0.05, 0.1) is 0 Å². The molecule has 1 aromatic carbocycles. The van der Waals surface area contributed by atoms with E-state index < -0.39 is 11.4 Å². The minimum atomic E-state index is -0.833. The third kappa shape index (κ3) is 3.64. The molecule has 4 nitrogen and oxygen atoms in total. The summed E-state index contributed by atoms with van der Waals surface area (Å²) in [5.74, 6) is -0.697. The molecule has 0 saturated carbocycles. The number of carbonyl (C=O) groups excluding carboxylic acids is 1. The largest absolute Gasteiger partial charge is 0.507 e. The molecule has 2 aromatic rings. The highest BCUT2D eigenvalue weighted by atomic mass is 32.2. The van der Waals surface area contributed by atoms with E-state index in [1.807, 2.05) is 30.5 Å². The molecular weight excluding hydrogens is 288 g/mol. The minimum absolute atomic E-state index is 0.255. The maximum Gasteiger partial charge on any atom is 0.351 e. The van der Waals surface area contributed by atoms with Gasteiger partial charge in [0, 0.05) is 11.0 Å². The summed E-state index contributed by atoms with van der Waals surface area (Å²) in [6.45, 7) is 1.53. The number of ketones is 1. The van der Waals surface area contributed by atoms with E-state index in [2.05, 4.69) is 0 Å². The lowest BCUT2D eigenvalue weighted by Crippen LogP contribution is -2.12. The standard InChI is InChI=1S/C16H14O4S/c1-10-9-14(18)15(16(19)20-10)13(17)8-5-11-3-6-12(21-2)7-4-11/h3-9,18H,1-2H3/b8-5+. The van der Waals surface area contributed by atoms with Crippen molar-refractivity contribution in [3.05, 3.63) is 63.7 Å². The molecule has 0 amide bonds. The topological polar surface area (TPSA) is 67.5 Å². The van der Waals surface area contributed by atoms with Crippen molar-refractivity contribution in [1.29, 1.82) is 0 Å². The predicted molar refractivity (Wildman–Crippen MR) is 83.0 cm³/mol. The zero-order valence-corrected chi connectivity index (χ0v) is 12.4. The van der Waals surface area contributed by atoms with Crippen molar-refractivity contribution in [3.63, 3.8) is 0 Å². The second-order valence-electron chi connectivity index (χ2n) is 4.38. The molecule has 2 rings (SSSR count). The van der Waals surface area contributed by atoms with Gasteiger partial charge in [-0.05, 0) is 37.0 Å². The van der Waals surface area contributed by atoms with Crippen molar-refractivity contribution in [2.75, 3.05) is 6.26 Å². The first-order valence-electron chi connectivity index (χ1n) is 6.21. The summed E-state index contributed by atoms with van der Waals surface area (Å²) in [6, 6.07) is 8.86. The second-order valence-corrected chi connectivity index (χ2v) is 5.26. The third-order valence-electron chi connectivity index (χ3n) is 2.84. The molecule has 1 N–H and O–H groups in total. The third-order valence-corrected chi connectivity index (χ3v) is 3.59. The van der Waals surface area contributed by atoms with E-state index in [9.17, 15) is 14.7 Å². The maximum atomic E-state index is 12.0. The van der Waals surface area contributed by atoms with Gasteiger partial charge in [-0.25, -0.2) is 4.79 Å². The van der Waals surface area contributed by atoms with E-state index in [-0.39, 0.29) is 17.1 Å². The summed E-state index contributed by atoms with van der Waals surface area (Å²) in [7, 11) is 0. The Labute approximate surface area is 126 Å². The molecule has 0 spiro atoms. The number of thioether (sulfide) groups is 1. The van der Waals surface area contributed by atoms with Crippen molar-refractivity contribution in [3.8, 4) is 5.75 Å². The van der Waals surface area contributed by atoms with Gasteiger partial charge in [-0.15, -0.1) is 11.8 Å². The highest BCUT2D eigenvalue weighted by Gasteiger charge is 2.15. The molecule has 0 saturated heterocycles. The van der Waals surface area contributed by atoms with E-state index in [4.69, 9.17) is 4.42 Å². The highest BCUT2D eigenvalue weighted by Crippen LogP contribution is 2.17. The van der Waals surface area contributed by atoms with Crippen LogP contribution in [0.3, 0.4) is 0 Å². The van der Waals surface area contributed by atoms with Crippen LogP contribution in [-0.4, -0.2) is 17.1 Å². The number of carbonyl (C=O) groups is 1. The highest BCUT2D eigenvalue weighted by molar-refractivity contribution is 7.98. The first-order valence-corrected chi connectivity index (χ1v) is 7.44. The van der Waals surface area contributed by atoms with Crippen LogP contribution in [0.1, 0.15) is 21.7 Å². The van der Waals surface area contributed by atoms with E-state index in [1.165, 1.54) is 19.1 Å².